The number of allylic oxidation sites excluding steroid dienone is 6. The van der Waals surface area contributed by atoms with Crippen LogP contribution in [0.4, 0.5) is 0 Å². The van der Waals surface area contributed by atoms with E-state index in [0.717, 1.165) is 6.42 Å². The monoisotopic (exact) mass is 224 g/mol. The molecule has 0 aliphatic carbocycles. The lowest BCUT2D eigenvalue weighted by Gasteiger charge is -1.88. The van der Waals surface area contributed by atoms with Crippen LogP contribution >= 0.6 is 0 Å². The van der Waals surface area contributed by atoms with E-state index in [1.165, 1.54) is 0 Å². The number of hydrogen-bond acceptors (Lipinski definition) is 2. The molecule has 2 heteroatoms. The molecule has 0 fully saturated rings. The molecule has 16 heavy (non-hydrogen) atoms. The molecule has 0 bridgehead atoms. The van der Waals surface area contributed by atoms with Crippen molar-refractivity contribution < 1.29 is 10.2 Å². The van der Waals surface area contributed by atoms with Gasteiger partial charge in [0.05, 0.1) is 12.7 Å². The maximum atomic E-state index is 8.73. The van der Waals surface area contributed by atoms with E-state index in [9.17, 15) is 0 Å². The van der Waals surface area contributed by atoms with Crippen LogP contribution in [-0.4, -0.2) is 22.9 Å². The normalized spacial score (nSPS) is 13.8. The second-order valence-electron chi connectivity index (χ2n) is 3.10. The topological polar surface area (TPSA) is 40.5 Å². The van der Waals surface area contributed by atoms with Gasteiger partial charge in [0.25, 0.3) is 0 Å². The van der Waals surface area contributed by atoms with E-state index in [2.05, 4.69) is 6.92 Å². The zero-order valence-electron chi connectivity index (χ0n) is 10.5. The number of rotatable bonds is 5. The fourth-order valence-corrected chi connectivity index (χ4v) is 0.690. The maximum absolute atomic E-state index is 8.73. The van der Waals surface area contributed by atoms with E-state index < -0.39 is 0 Å². The molecule has 0 saturated carbocycles. The quantitative estimate of drug-likeness (QED) is 0.705. The van der Waals surface area contributed by atoms with Crippen LogP contribution in [0.3, 0.4) is 0 Å². The van der Waals surface area contributed by atoms with E-state index in [1.54, 1.807) is 25.2 Å². The first-order chi connectivity index (χ1) is 7.68. The van der Waals surface area contributed by atoms with Gasteiger partial charge in [-0.2, -0.15) is 0 Å². The standard InChI is InChI=1S/C8H14O.C6H10O/c1-3-4-5-6-7-8(2)9;1-2-3-4-5-6-7/h4-9H,3H2,1-2H3;2-5,7H,6H2,1H3. The van der Waals surface area contributed by atoms with Gasteiger partial charge in [0, 0.05) is 0 Å². The van der Waals surface area contributed by atoms with Crippen molar-refractivity contribution in [2.45, 2.75) is 33.3 Å². The smallest absolute Gasteiger partial charge is 0.0695 e. The van der Waals surface area contributed by atoms with Gasteiger partial charge in [-0.25, -0.2) is 0 Å². The van der Waals surface area contributed by atoms with Crippen molar-refractivity contribution in [1.29, 1.82) is 0 Å². The highest BCUT2D eigenvalue weighted by Gasteiger charge is 1.79. The van der Waals surface area contributed by atoms with Crippen LogP contribution < -0.4 is 0 Å². The van der Waals surface area contributed by atoms with Crippen LogP contribution in [-0.2, 0) is 0 Å². The minimum absolute atomic E-state index is 0.129. The third kappa shape index (κ3) is 23.1. The second kappa shape index (κ2) is 16.3. The first-order valence-corrected chi connectivity index (χ1v) is 5.59. The molecule has 0 heterocycles. The summed E-state index contributed by atoms with van der Waals surface area (Å²) < 4.78 is 0. The predicted molar refractivity (Wildman–Crippen MR) is 71.3 cm³/mol. The summed E-state index contributed by atoms with van der Waals surface area (Å²) in [6, 6.07) is 0. The summed E-state index contributed by atoms with van der Waals surface area (Å²) in [5.41, 5.74) is 0. The summed E-state index contributed by atoms with van der Waals surface area (Å²) in [6.07, 6.45) is 15.6. The zero-order valence-corrected chi connectivity index (χ0v) is 10.5. The van der Waals surface area contributed by atoms with Crippen molar-refractivity contribution >= 4 is 0 Å². The summed E-state index contributed by atoms with van der Waals surface area (Å²) in [7, 11) is 0. The largest absolute Gasteiger partial charge is 0.392 e. The van der Waals surface area contributed by atoms with Gasteiger partial charge < -0.3 is 10.2 Å². The number of hydrogen-bond donors (Lipinski definition) is 2. The fourth-order valence-electron chi connectivity index (χ4n) is 0.690. The van der Waals surface area contributed by atoms with Gasteiger partial charge in [-0.15, -0.1) is 0 Å². The van der Waals surface area contributed by atoms with Crippen molar-refractivity contribution in [1.82, 2.24) is 0 Å². The second-order valence-corrected chi connectivity index (χ2v) is 3.10. The third-order valence-corrected chi connectivity index (χ3v) is 1.42. The molecule has 0 spiro atoms. The molecule has 1 unspecified atom stereocenters. The van der Waals surface area contributed by atoms with Gasteiger partial charge in [-0.05, 0) is 20.3 Å². The van der Waals surface area contributed by atoms with Crippen LogP contribution in [0, 0.1) is 0 Å². The lowest BCUT2D eigenvalue weighted by atomic mass is 10.3. The molecule has 0 amide bonds. The molecular weight excluding hydrogens is 200 g/mol. The van der Waals surface area contributed by atoms with Crippen molar-refractivity contribution in [2.24, 2.45) is 0 Å². The molecule has 0 aromatic carbocycles. The van der Waals surface area contributed by atoms with E-state index in [0.29, 0.717) is 0 Å². The molecule has 2 nitrogen and oxygen atoms in total. The Morgan fingerprint density at radius 1 is 1.06 bits per heavy atom. The Bertz CT molecular complexity index is 223. The molecule has 0 saturated heterocycles. The van der Waals surface area contributed by atoms with Gasteiger partial charge in [-0.1, -0.05) is 55.5 Å². The highest BCUT2D eigenvalue weighted by Crippen LogP contribution is 1.85. The first-order valence-electron chi connectivity index (χ1n) is 5.59. The van der Waals surface area contributed by atoms with Crippen molar-refractivity contribution in [3.63, 3.8) is 0 Å². The Morgan fingerprint density at radius 3 is 2.12 bits per heavy atom. The first kappa shape index (κ1) is 17.3. The van der Waals surface area contributed by atoms with Gasteiger partial charge in [0.1, 0.15) is 0 Å². The Hall–Kier alpha value is -1.12. The summed E-state index contributed by atoms with van der Waals surface area (Å²) in [4.78, 5) is 0. The Balaban J connectivity index is 0. The van der Waals surface area contributed by atoms with Gasteiger partial charge in [-0.3, -0.25) is 0 Å². The van der Waals surface area contributed by atoms with Crippen molar-refractivity contribution in [3.05, 3.63) is 48.6 Å². The molecular formula is C14H24O2. The van der Waals surface area contributed by atoms with Crippen LogP contribution in [0.2, 0.25) is 0 Å². The van der Waals surface area contributed by atoms with Gasteiger partial charge in [0.2, 0.25) is 0 Å². The minimum atomic E-state index is -0.327. The molecule has 1 atom stereocenters. The van der Waals surface area contributed by atoms with Crippen molar-refractivity contribution in [3.8, 4) is 0 Å². The third-order valence-electron chi connectivity index (χ3n) is 1.42. The average Bonchev–Trinajstić information content (AvgIpc) is 2.26. The SMILES string of the molecule is CC=CC=CCO.CCC=CC=CC(C)O. The van der Waals surface area contributed by atoms with Crippen molar-refractivity contribution in [2.75, 3.05) is 6.61 Å². The molecule has 0 aromatic heterocycles. The number of aliphatic hydroxyl groups is 2. The Kier molecular flexibility index (Phi) is 17.6. The van der Waals surface area contributed by atoms with Crippen LogP contribution in [0.5, 0.6) is 0 Å². The molecule has 0 aliphatic heterocycles. The highest BCUT2D eigenvalue weighted by atomic mass is 16.3. The van der Waals surface area contributed by atoms with Gasteiger partial charge in [0.15, 0.2) is 0 Å². The predicted octanol–water partition coefficient (Wildman–Crippen LogP) is 3.00. The summed E-state index contributed by atoms with van der Waals surface area (Å²) >= 11 is 0. The van der Waals surface area contributed by atoms with E-state index in [-0.39, 0.29) is 12.7 Å². The number of aliphatic hydroxyl groups excluding tert-OH is 2. The molecule has 0 radical (unpaired) electrons. The highest BCUT2D eigenvalue weighted by molar-refractivity contribution is 5.03. The Labute approximate surface area is 99.3 Å². The molecule has 2 N–H and O–H groups in total. The summed E-state index contributed by atoms with van der Waals surface area (Å²) in [6.45, 7) is 5.87. The minimum Gasteiger partial charge on any atom is -0.392 e. The van der Waals surface area contributed by atoms with E-state index >= 15 is 0 Å². The fraction of sp³-hybridized carbons (Fsp3) is 0.429. The van der Waals surface area contributed by atoms with Crippen LogP contribution in [0.1, 0.15) is 27.2 Å². The molecule has 0 aliphatic rings. The zero-order chi connectivity index (χ0) is 12.6. The summed E-state index contributed by atoms with van der Waals surface area (Å²) in [5, 5.41) is 16.9. The lowest BCUT2D eigenvalue weighted by Crippen LogP contribution is -1.90. The van der Waals surface area contributed by atoms with Crippen LogP contribution in [0.15, 0.2) is 48.6 Å². The van der Waals surface area contributed by atoms with E-state index in [4.69, 9.17) is 10.2 Å². The molecule has 0 aromatic rings. The maximum Gasteiger partial charge on any atom is 0.0695 e. The lowest BCUT2D eigenvalue weighted by molar-refractivity contribution is 0.244. The molecule has 0 rings (SSSR count). The average molecular weight is 224 g/mol. The summed E-state index contributed by atoms with van der Waals surface area (Å²) in [5.74, 6) is 0. The van der Waals surface area contributed by atoms with Crippen LogP contribution in [0.25, 0.3) is 0 Å². The van der Waals surface area contributed by atoms with Gasteiger partial charge >= 0.3 is 0 Å². The van der Waals surface area contributed by atoms with E-state index in [1.807, 2.05) is 37.3 Å². The Morgan fingerprint density at radius 2 is 1.69 bits per heavy atom. The molecule has 92 valence electrons.